The fraction of sp³-hybridized carbons (Fsp3) is 0.111. The normalized spacial score (nSPS) is 10.4. The summed E-state index contributed by atoms with van der Waals surface area (Å²) in [7, 11) is 0. The minimum absolute atomic E-state index is 0.000757. The van der Waals surface area contributed by atoms with Crippen molar-refractivity contribution in [1.82, 2.24) is 0 Å². The Balaban J connectivity index is 2.01. The van der Waals surface area contributed by atoms with Crippen LogP contribution in [-0.2, 0) is 0 Å². The van der Waals surface area contributed by atoms with E-state index in [2.05, 4.69) is 0 Å². The summed E-state index contributed by atoms with van der Waals surface area (Å²) in [6.07, 6.45) is 5.38. The number of carbonyl (C=O) groups is 1. The number of nitrogens with zero attached hydrogens (tertiary/aromatic N) is 1. The molecule has 2 aromatic rings. The van der Waals surface area contributed by atoms with Crippen molar-refractivity contribution in [2.24, 2.45) is 0 Å². The first kappa shape index (κ1) is 15.9. The van der Waals surface area contributed by atoms with E-state index in [4.69, 9.17) is 10.00 Å². The number of ether oxygens (including phenoxy) is 1. The summed E-state index contributed by atoms with van der Waals surface area (Å²) in [5.74, 6) is 0.510. The highest BCUT2D eigenvalue weighted by Crippen LogP contribution is 2.16. The summed E-state index contributed by atoms with van der Waals surface area (Å²) in [6, 6.07) is 16.7. The maximum atomic E-state index is 12.1. The van der Waals surface area contributed by atoms with Gasteiger partial charge < -0.3 is 4.74 Å². The molecule has 2 aromatic carbocycles. The Labute approximate surface area is 134 Å². The van der Waals surface area contributed by atoms with Crippen molar-refractivity contribution in [3.8, 4) is 11.8 Å². The Morgan fingerprint density at radius 3 is 2.45 bits per heavy atom. The van der Waals surface area contributed by atoms with Gasteiger partial charge in [-0.1, -0.05) is 18.2 Å². The molecule has 22 heavy (non-hydrogen) atoms. The average Bonchev–Trinajstić information content (AvgIpc) is 2.58. The van der Waals surface area contributed by atoms with Gasteiger partial charge in [-0.25, -0.2) is 0 Å². The first-order valence-corrected chi connectivity index (χ1v) is 7.91. The minimum atomic E-state index is -0.0687. The van der Waals surface area contributed by atoms with Gasteiger partial charge in [-0.05, 0) is 54.3 Å². The second-order valence-corrected chi connectivity index (χ2v) is 5.32. The van der Waals surface area contributed by atoms with Gasteiger partial charge in [0.1, 0.15) is 11.8 Å². The van der Waals surface area contributed by atoms with E-state index in [1.54, 1.807) is 48.2 Å². The van der Waals surface area contributed by atoms with E-state index < -0.39 is 0 Å². The van der Waals surface area contributed by atoms with E-state index in [1.807, 2.05) is 36.6 Å². The average molecular weight is 309 g/mol. The lowest BCUT2D eigenvalue weighted by atomic mass is 10.1. The summed E-state index contributed by atoms with van der Waals surface area (Å²) in [5.41, 5.74) is 1.57. The molecule has 0 amide bonds. The third-order valence-corrected chi connectivity index (χ3v) is 3.73. The van der Waals surface area contributed by atoms with Gasteiger partial charge in [0, 0.05) is 10.5 Å². The van der Waals surface area contributed by atoms with E-state index in [-0.39, 0.29) is 12.4 Å². The van der Waals surface area contributed by atoms with Gasteiger partial charge in [0.2, 0.25) is 0 Å². The maximum absolute atomic E-state index is 12.1. The molecule has 0 saturated heterocycles. The molecule has 0 fully saturated rings. The van der Waals surface area contributed by atoms with E-state index in [9.17, 15) is 4.79 Å². The zero-order chi connectivity index (χ0) is 15.8. The topological polar surface area (TPSA) is 50.1 Å². The van der Waals surface area contributed by atoms with E-state index in [1.165, 1.54) is 4.90 Å². The van der Waals surface area contributed by atoms with E-state index in [0.717, 1.165) is 5.56 Å². The summed E-state index contributed by atoms with van der Waals surface area (Å²) in [4.78, 5) is 13.3. The fourth-order valence-corrected chi connectivity index (χ4v) is 2.22. The zero-order valence-corrected chi connectivity index (χ0v) is 13.0. The van der Waals surface area contributed by atoms with Crippen LogP contribution in [0.4, 0.5) is 0 Å². The number of nitriles is 1. The SMILES string of the molecule is CSc1ccc(C=CC(=O)c2ccc(OCC#N)cc2)cc1. The van der Waals surface area contributed by atoms with Crippen LogP contribution in [0.2, 0.25) is 0 Å². The number of thioether (sulfide) groups is 1. The van der Waals surface area contributed by atoms with Gasteiger partial charge in [-0.3, -0.25) is 4.79 Å². The highest BCUT2D eigenvalue weighted by atomic mass is 32.2. The molecule has 0 N–H and O–H groups in total. The molecule has 110 valence electrons. The highest BCUT2D eigenvalue weighted by Gasteiger charge is 2.02. The maximum Gasteiger partial charge on any atom is 0.185 e. The molecule has 0 bridgehead atoms. The van der Waals surface area contributed by atoms with Crippen LogP contribution in [-0.4, -0.2) is 18.6 Å². The highest BCUT2D eigenvalue weighted by molar-refractivity contribution is 7.98. The molecule has 0 spiro atoms. The molecule has 4 heteroatoms. The van der Waals surface area contributed by atoms with Crippen LogP contribution >= 0.6 is 11.8 Å². The molecule has 0 atom stereocenters. The number of benzene rings is 2. The molecule has 2 rings (SSSR count). The number of rotatable bonds is 6. The number of ketones is 1. The van der Waals surface area contributed by atoms with Crippen LogP contribution in [0, 0.1) is 11.3 Å². The smallest absolute Gasteiger partial charge is 0.185 e. The second-order valence-electron chi connectivity index (χ2n) is 4.44. The largest absolute Gasteiger partial charge is 0.479 e. The van der Waals surface area contributed by atoms with E-state index in [0.29, 0.717) is 11.3 Å². The van der Waals surface area contributed by atoms with Crippen LogP contribution in [0.25, 0.3) is 6.08 Å². The molecule has 0 unspecified atom stereocenters. The van der Waals surface area contributed by atoms with Crippen molar-refractivity contribution in [2.45, 2.75) is 4.90 Å². The van der Waals surface area contributed by atoms with Gasteiger partial charge in [0.05, 0.1) is 0 Å². The van der Waals surface area contributed by atoms with Gasteiger partial charge in [-0.2, -0.15) is 5.26 Å². The van der Waals surface area contributed by atoms with Gasteiger partial charge >= 0.3 is 0 Å². The number of allylic oxidation sites excluding steroid dienone is 1. The lowest BCUT2D eigenvalue weighted by Gasteiger charge is -2.02. The van der Waals surface area contributed by atoms with Crippen LogP contribution in [0.1, 0.15) is 15.9 Å². The monoisotopic (exact) mass is 309 g/mol. The van der Waals surface area contributed by atoms with Crippen molar-refractivity contribution in [2.75, 3.05) is 12.9 Å². The molecular weight excluding hydrogens is 294 g/mol. The molecule has 0 aliphatic heterocycles. The minimum Gasteiger partial charge on any atom is -0.479 e. The quantitative estimate of drug-likeness (QED) is 0.456. The second kappa shape index (κ2) is 8.06. The fourth-order valence-electron chi connectivity index (χ4n) is 1.81. The Hall–Kier alpha value is -2.51. The third kappa shape index (κ3) is 4.51. The first-order chi connectivity index (χ1) is 10.7. The lowest BCUT2D eigenvalue weighted by Crippen LogP contribution is -1.96. The summed E-state index contributed by atoms with van der Waals surface area (Å²) >= 11 is 1.68. The Morgan fingerprint density at radius 2 is 1.86 bits per heavy atom. The van der Waals surface area contributed by atoms with Crippen molar-refractivity contribution >= 4 is 23.6 Å². The van der Waals surface area contributed by atoms with Gasteiger partial charge in [-0.15, -0.1) is 11.8 Å². The predicted molar refractivity (Wildman–Crippen MR) is 89.1 cm³/mol. The summed E-state index contributed by atoms with van der Waals surface area (Å²) < 4.78 is 5.15. The standard InChI is InChI=1S/C18H15NO2S/c1-22-17-9-2-14(3-10-17)4-11-18(20)15-5-7-16(8-6-15)21-13-12-19/h2-11H,13H2,1H3. The van der Waals surface area contributed by atoms with Crippen molar-refractivity contribution in [3.05, 3.63) is 65.7 Å². The molecule has 0 aliphatic rings. The summed E-state index contributed by atoms with van der Waals surface area (Å²) in [6.45, 7) is -0.000757. The molecule has 0 radical (unpaired) electrons. The van der Waals surface area contributed by atoms with Gasteiger partial charge in [0.15, 0.2) is 12.4 Å². The van der Waals surface area contributed by atoms with Crippen LogP contribution in [0.3, 0.4) is 0 Å². The van der Waals surface area contributed by atoms with Crippen molar-refractivity contribution in [3.63, 3.8) is 0 Å². The molecular formula is C18H15NO2S. The van der Waals surface area contributed by atoms with Crippen LogP contribution in [0.15, 0.2) is 59.5 Å². The number of hydrogen-bond acceptors (Lipinski definition) is 4. The zero-order valence-electron chi connectivity index (χ0n) is 12.2. The van der Waals surface area contributed by atoms with Gasteiger partial charge in [0.25, 0.3) is 0 Å². The Morgan fingerprint density at radius 1 is 1.18 bits per heavy atom. The lowest BCUT2D eigenvalue weighted by molar-refractivity contribution is 0.104. The molecule has 0 heterocycles. The van der Waals surface area contributed by atoms with Crippen molar-refractivity contribution in [1.29, 1.82) is 5.26 Å². The number of carbonyl (C=O) groups excluding carboxylic acids is 1. The molecule has 0 saturated carbocycles. The van der Waals surface area contributed by atoms with Crippen LogP contribution in [0.5, 0.6) is 5.75 Å². The van der Waals surface area contributed by atoms with Crippen LogP contribution < -0.4 is 4.74 Å². The molecule has 3 nitrogen and oxygen atoms in total. The van der Waals surface area contributed by atoms with E-state index >= 15 is 0 Å². The predicted octanol–water partition coefficient (Wildman–Crippen LogP) is 4.21. The summed E-state index contributed by atoms with van der Waals surface area (Å²) in [5, 5.41) is 8.44. The third-order valence-electron chi connectivity index (χ3n) is 2.99. The van der Waals surface area contributed by atoms with Crippen molar-refractivity contribution < 1.29 is 9.53 Å². The Kier molecular flexibility index (Phi) is 5.81. The molecule has 0 aliphatic carbocycles. The molecule has 0 aromatic heterocycles. The first-order valence-electron chi connectivity index (χ1n) is 6.69. The number of hydrogen-bond donors (Lipinski definition) is 0. The Bertz CT molecular complexity index is 697.